The van der Waals surface area contributed by atoms with Crippen molar-refractivity contribution in [2.45, 2.75) is 31.8 Å². The Kier molecular flexibility index (Phi) is 4.49. The van der Waals surface area contributed by atoms with Crippen LogP contribution < -0.4 is 10.5 Å². The molecule has 2 N–H and O–H groups in total. The third-order valence-electron chi connectivity index (χ3n) is 4.40. The molecule has 1 saturated heterocycles. The number of fused-ring (bicyclic) bond motifs is 1. The minimum Gasteiger partial charge on any atom is -0.488 e. The van der Waals surface area contributed by atoms with Gasteiger partial charge in [-0.1, -0.05) is 11.6 Å². The Morgan fingerprint density at radius 3 is 3.15 bits per heavy atom. The molecule has 1 aromatic carbocycles. The first kappa shape index (κ1) is 14.2. The number of rotatable bonds is 4. The Morgan fingerprint density at radius 1 is 1.40 bits per heavy atom. The zero-order valence-corrected chi connectivity index (χ0v) is 12.6. The fraction of sp³-hybridized carbons (Fsp3) is 0.625. The maximum Gasteiger partial charge on any atom is 0.123 e. The quantitative estimate of drug-likeness (QED) is 0.928. The molecule has 0 amide bonds. The summed E-state index contributed by atoms with van der Waals surface area (Å²) in [5, 5.41) is 0.800. The Labute approximate surface area is 126 Å². The summed E-state index contributed by atoms with van der Waals surface area (Å²) >= 11 is 6.04. The van der Waals surface area contributed by atoms with Crippen LogP contribution >= 0.6 is 11.6 Å². The van der Waals surface area contributed by atoms with Crippen LogP contribution in [0.5, 0.6) is 5.75 Å². The van der Waals surface area contributed by atoms with Crippen LogP contribution in [-0.4, -0.2) is 37.2 Å². The topological polar surface area (TPSA) is 38.5 Å². The van der Waals surface area contributed by atoms with Gasteiger partial charge in [-0.15, -0.1) is 0 Å². The smallest absolute Gasteiger partial charge is 0.123 e. The molecular weight excluding hydrogens is 272 g/mol. The number of benzene rings is 1. The summed E-state index contributed by atoms with van der Waals surface area (Å²) in [4.78, 5) is 2.54. The number of hydrogen-bond donors (Lipinski definition) is 1. The van der Waals surface area contributed by atoms with Gasteiger partial charge in [0.1, 0.15) is 11.9 Å². The fourth-order valence-corrected chi connectivity index (χ4v) is 3.66. The standard InChI is InChI=1S/C16H23ClN2O/c17-14-3-4-16-13(8-14)9-15(20-16)11-19-7-1-2-12(10-19)5-6-18/h3-4,8,12,15H,1-2,5-7,9-11,18H2. The molecule has 0 bridgehead atoms. The van der Waals surface area contributed by atoms with E-state index in [1.54, 1.807) is 0 Å². The number of hydrogen-bond acceptors (Lipinski definition) is 3. The van der Waals surface area contributed by atoms with Crippen LogP contribution in [-0.2, 0) is 6.42 Å². The number of nitrogens with two attached hydrogens (primary N) is 1. The molecule has 0 saturated carbocycles. The van der Waals surface area contributed by atoms with Gasteiger partial charge in [0.15, 0.2) is 0 Å². The van der Waals surface area contributed by atoms with Gasteiger partial charge in [-0.25, -0.2) is 0 Å². The van der Waals surface area contributed by atoms with E-state index in [9.17, 15) is 0 Å². The predicted octanol–water partition coefficient (Wildman–Crippen LogP) is 2.70. The molecular formula is C16H23ClN2O. The summed E-state index contributed by atoms with van der Waals surface area (Å²) in [7, 11) is 0. The van der Waals surface area contributed by atoms with Crippen molar-refractivity contribution in [3.8, 4) is 5.75 Å². The molecule has 0 radical (unpaired) electrons. The van der Waals surface area contributed by atoms with E-state index in [2.05, 4.69) is 4.90 Å². The second-order valence-electron chi connectivity index (χ2n) is 6.04. The second kappa shape index (κ2) is 6.33. The molecule has 2 aliphatic rings. The molecule has 2 atom stereocenters. The highest BCUT2D eigenvalue weighted by Gasteiger charge is 2.27. The maximum atomic E-state index is 6.04. The highest BCUT2D eigenvalue weighted by Crippen LogP contribution is 2.32. The van der Waals surface area contributed by atoms with Crippen LogP contribution in [0.25, 0.3) is 0 Å². The first-order valence-electron chi connectivity index (χ1n) is 7.62. The monoisotopic (exact) mass is 294 g/mol. The Morgan fingerprint density at radius 2 is 2.30 bits per heavy atom. The van der Waals surface area contributed by atoms with E-state index in [1.807, 2.05) is 18.2 Å². The molecule has 0 spiro atoms. The molecule has 0 aliphatic carbocycles. The van der Waals surface area contributed by atoms with Gasteiger partial charge in [0.2, 0.25) is 0 Å². The summed E-state index contributed by atoms with van der Waals surface area (Å²) in [6.45, 7) is 4.20. The third kappa shape index (κ3) is 3.27. The Hall–Kier alpha value is -0.770. The second-order valence-corrected chi connectivity index (χ2v) is 6.48. The van der Waals surface area contributed by atoms with Crippen molar-refractivity contribution in [2.75, 3.05) is 26.2 Å². The summed E-state index contributed by atoms with van der Waals surface area (Å²) in [6.07, 6.45) is 5.02. The lowest BCUT2D eigenvalue weighted by atomic mass is 9.94. The molecule has 1 aromatic rings. The van der Waals surface area contributed by atoms with E-state index >= 15 is 0 Å². The van der Waals surface area contributed by atoms with Crippen molar-refractivity contribution in [1.29, 1.82) is 0 Å². The van der Waals surface area contributed by atoms with Gasteiger partial charge < -0.3 is 10.5 Å². The Balaban J connectivity index is 1.55. The van der Waals surface area contributed by atoms with Crippen molar-refractivity contribution in [1.82, 2.24) is 4.90 Å². The number of likely N-dealkylation sites (tertiary alicyclic amines) is 1. The first-order valence-corrected chi connectivity index (χ1v) is 8.00. The molecule has 3 nitrogen and oxygen atoms in total. The fourth-order valence-electron chi connectivity index (χ4n) is 3.47. The van der Waals surface area contributed by atoms with Gasteiger partial charge in [-0.2, -0.15) is 0 Å². The van der Waals surface area contributed by atoms with E-state index in [-0.39, 0.29) is 6.10 Å². The maximum absolute atomic E-state index is 6.04. The van der Waals surface area contributed by atoms with Crippen LogP contribution in [0.4, 0.5) is 0 Å². The average molecular weight is 295 g/mol. The van der Waals surface area contributed by atoms with Gasteiger partial charge >= 0.3 is 0 Å². The SMILES string of the molecule is NCCC1CCCN(CC2Cc3cc(Cl)ccc3O2)C1. The van der Waals surface area contributed by atoms with Crippen molar-refractivity contribution in [3.05, 3.63) is 28.8 Å². The minimum atomic E-state index is 0.278. The van der Waals surface area contributed by atoms with Crippen LogP contribution in [0.15, 0.2) is 18.2 Å². The van der Waals surface area contributed by atoms with Crippen molar-refractivity contribution in [2.24, 2.45) is 11.7 Å². The largest absolute Gasteiger partial charge is 0.488 e. The van der Waals surface area contributed by atoms with Gasteiger partial charge in [0.05, 0.1) is 0 Å². The summed E-state index contributed by atoms with van der Waals surface area (Å²) < 4.78 is 6.03. The number of piperidine rings is 1. The van der Waals surface area contributed by atoms with Crippen molar-refractivity contribution >= 4 is 11.6 Å². The van der Waals surface area contributed by atoms with E-state index in [0.29, 0.717) is 0 Å². The Bertz CT molecular complexity index is 464. The van der Waals surface area contributed by atoms with Crippen LogP contribution in [0.1, 0.15) is 24.8 Å². The first-order chi connectivity index (χ1) is 9.74. The average Bonchev–Trinajstić information content (AvgIpc) is 2.81. The number of ether oxygens (including phenoxy) is 1. The van der Waals surface area contributed by atoms with Crippen LogP contribution in [0.2, 0.25) is 5.02 Å². The molecule has 2 heterocycles. The van der Waals surface area contributed by atoms with E-state index < -0.39 is 0 Å². The van der Waals surface area contributed by atoms with E-state index in [4.69, 9.17) is 22.1 Å². The highest BCUT2D eigenvalue weighted by molar-refractivity contribution is 6.30. The van der Waals surface area contributed by atoms with Crippen LogP contribution in [0, 0.1) is 5.92 Å². The summed E-state index contributed by atoms with van der Waals surface area (Å²) in [5.74, 6) is 1.78. The van der Waals surface area contributed by atoms with Gasteiger partial charge in [0.25, 0.3) is 0 Å². The van der Waals surface area contributed by atoms with Gasteiger partial charge in [-0.3, -0.25) is 4.90 Å². The number of halogens is 1. The lowest BCUT2D eigenvalue weighted by Crippen LogP contribution is -2.41. The normalized spacial score (nSPS) is 26.3. The molecule has 2 aliphatic heterocycles. The molecule has 4 heteroatoms. The zero-order chi connectivity index (χ0) is 13.9. The molecule has 0 aromatic heterocycles. The van der Waals surface area contributed by atoms with Crippen molar-refractivity contribution < 1.29 is 4.74 Å². The van der Waals surface area contributed by atoms with Gasteiger partial charge in [0, 0.05) is 24.5 Å². The number of nitrogens with zero attached hydrogens (tertiary/aromatic N) is 1. The predicted molar refractivity (Wildman–Crippen MR) is 82.4 cm³/mol. The lowest BCUT2D eigenvalue weighted by Gasteiger charge is -2.33. The highest BCUT2D eigenvalue weighted by atomic mass is 35.5. The zero-order valence-electron chi connectivity index (χ0n) is 11.9. The third-order valence-corrected chi connectivity index (χ3v) is 4.64. The summed E-state index contributed by atoms with van der Waals surface area (Å²) in [6, 6.07) is 5.93. The molecule has 3 rings (SSSR count). The molecule has 2 unspecified atom stereocenters. The van der Waals surface area contributed by atoms with E-state index in [0.717, 1.165) is 42.6 Å². The lowest BCUT2D eigenvalue weighted by molar-refractivity contribution is 0.109. The van der Waals surface area contributed by atoms with Crippen molar-refractivity contribution in [3.63, 3.8) is 0 Å². The minimum absolute atomic E-state index is 0.278. The molecule has 1 fully saturated rings. The van der Waals surface area contributed by atoms with Crippen LogP contribution in [0.3, 0.4) is 0 Å². The molecule has 110 valence electrons. The molecule has 20 heavy (non-hydrogen) atoms. The van der Waals surface area contributed by atoms with E-state index in [1.165, 1.54) is 31.5 Å². The van der Waals surface area contributed by atoms with Gasteiger partial charge in [-0.05, 0) is 62.0 Å². The summed E-state index contributed by atoms with van der Waals surface area (Å²) in [5.41, 5.74) is 6.93.